The summed E-state index contributed by atoms with van der Waals surface area (Å²) in [6.45, 7) is 4.22. The lowest BCUT2D eigenvalue weighted by molar-refractivity contribution is -0.123. The van der Waals surface area contributed by atoms with Gasteiger partial charge < -0.3 is 15.5 Å². The second-order valence-corrected chi connectivity index (χ2v) is 17.9. The third kappa shape index (κ3) is 47.1. The average molecular weight is 838 g/mol. The standard InChI is InChI=1S/C56H103NO3/c1-3-5-7-9-11-13-15-17-19-21-23-25-26-27-28-29-30-32-34-36-38-40-42-44-46-48-50-52-56(60)57-54(53-58)55(59)51-49-47-45-43-41-39-37-35-33-31-24-22-20-18-16-14-12-10-8-6-4-2/h5,7,11,13,17,19,23,25,49,51,54-55,58-59H,3-4,6,8-10,12,14-16,18,20-22,24,26-48,50,52-53H2,1-2H3,(H,57,60)/b7-5-,13-11-,19-17-,25-23-,51-49+. The molecule has 0 radical (unpaired) electrons. The van der Waals surface area contributed by atoms with E-state index >= 15 is 0 Å². The highest BCUT2D eigenvalue weighted by Crippen LogP contribution is 2.16. The molecule has 0 fully saturated rings. The van der Waals surface area contributed by atoms with Crippen LogP contribution < -0.4 is 5.32 Å². The molecule has 0 saturated heterocycles. The summed E-state index contributed by atoms with van der Waals surface area (Å²) in [6.07, 6.45) is 72.2. The van der Waals surface area contributed by atoms with Crippen LogP contribution in [0.1, 0.15) is 271 Å². The van der Waals surface area contributed by atoms with Gasteiger partial charge in [0, 0.05) is 6.42 Å². The number of hydrogen-bond acceptors (Lipinski definition) is 3. The Kier molecular flexibility index (Phi) is 49.8. The van der Waals surface area contributed by atoms with E-state index < -0.39 is 12.1 Å². The van der Waals surface area contributed by atoms with Crippen molar-refractivity contribution < 1.29 is 15.0 Å². The molecule has 0 spiro atoms. The van der Waals surface area contributed by atoms with Crippen LogP contribution in [0.25, 0.3) is 0 Å². The van der Waals surface area contributed by atoms with E-state index in [0.29, 0.717) is 6.42 Å². The molecule has 0 bridgehead atoms. The zero-order valence-electron chi connectivity index (χ0n) is 40.2. The number of hydrogen-bond donors (Lipinski definition) is 3. The molecule has 0 heterocycles. The van der Waals surface area contributed by atoms with E-state index in [0.717, 1.165) is 51.4 Å². The molecule has 4 heteroatoms. The van der Waals surface area contributed by atoms with E-state index in [2.05, 4.69) is 67.8 Å². The number of amides is 1. The second-order valence-electron chi connectivity index (χ2n) is 17.9. The van der Waals surface area contributed by atoms with Gasteiger partial charge in [-0.2, -0.15) is 0 Å². The van der Waals surface area contributed by atoms with Crippen molar-refractivity contribution in [3.8, 4) is 0 Å². The number of carbonyl (C=O) groups is 1. The quantitative estimate of drug-likeness (QED) is 0.0422. The van der Waals surface area contributed by atoms with Crippen molar-refractivity contribution in [3.63, 3.8) is 0 Å². The molecule has 0 aromatic heterocycles. The van der Waals surface area contributed by atoms with Crippen LogP contribution >= 0.6 is 0 Å². The SMILES string of the molecule is CC/C=C\C/C=C\C/C=C\C/C=C\CCCCCCCCCCCCCCCCC(=O)NC(CO)C(O)/C=C/CCCCCCCCCCCCCCCCCCCCC. The van der Waals surface area contributed by atoms with E-state index in [1.165, 1.54) is 199 Å². The molecule has 1 amide bonds. The molecule has 0 aliphatic heterocycles. The normalized spacial score (nSPS) is 13.3. The van der Waals surface area contributed by atoms with Crippen molar-refractivity contribution in [2.75, 3.05) is 6.61 Å². The molecular weight excluding hydrogens is 735 g/mol. The van der Waals surface area contributed by atoms with Gasteiger partial charge in [-0.25, -0.2) is 0 Å². The number of aliphatic hydroxyl groups excluding tert-OH is 2. The summed E-state index contributed by atoms with van der Waals surface area (Å²) in [7, 11) is 0. The summed E-state index contributed by atoms with van der Waals surface area (Å²) >= 11 is 0. The van der Waals surface area contributed by atoms with Gasteiger partial charge in [-0.1, -0.05) is 267 Å². The Labute approximate surface area is 375 Å². The summed E-state index contributed by atoms with van der Waals surface area (Å²) in [4.78, 5) is 12.5. The fourth-order valence-electron chi connectivity index (χ4n) is 7.99. The van der Waals surface area contributed by atoms with E-state index in [4.69, 9.17) is 0 Å². The summed E-state index contributed by atoms with van der Waals surface area (Å²) in [5.41, 5.74) is 0. The van der Waals surface area contributed by atoms with Gasteiger partial charge in [0.25, 0.3) is 0 Å². The van der Waals surface area contributed by atoms with E-state index in [1.807, 2.05) is 6.08 Å². The third-order valence-corrected chi connectivity index (χ3v) is 12.0. The number of carbonyl (C=O) groups excluding carboxylic acids is 1. The Morgan fingerprint density at radius 2 is 0.733 bits per heavy atom. The maximum Gasteiger partial charge on any atom is 0.220 e. The van der Waals surface area contributed by atoms with Gasteiger partial charge in [0.05, 0.1) is 18.8 Å². The predicted molar refractivity (Wildman–Crippen MR) is 267 cm³/mol. The van der Waals surface area contributed by atoms with Gasteiger partial charge in [-0.3, -0.25) is 4.79 Å². The molecule has 2 unspecified atom stereocenters. The first-order valence-corrected chi connectivity index (χ1v) is 26.5. The van der Waals surface area contributed by atoms with Gasteiger partial charge in [0.15, 0.2) is 0 Å². The van der Waals surface area contributed by atoms with Crippen molar-refractivity contribution in [1.82, 2.24) is 5.32 Å². The average Bonchev–Trinajstić information content (AvgIpc) is 3.25. The molecule has 60 heavy (non-hydrogen) atoms. The maximum absolute atomic E-state index is 12.5. The molecule has 3 N–H and O–H groups in total. The third-order valence-electron chi connectivity index (χ3n) is 12.0. The molecule has 4 nitrogen and oxygen atoms in total. The molecule has 0 rings (SSSR count). The van der Waals surface area contributed by atoms with Gasteiger partial charge in [0.2, 0.25) is 5.91 Å². The van der Waals surface area contributed by atoms with Crippen LogP contribution in [0.2, 0.25) is 0 Å². The minimum Gasteiger partial charge on any atom is -0.394 e. The number of aliphatic hydroxyl groups is 2. The largest absolute Gasteiger partial charge is 0.394 e. The first-order chi connectivity index (χ1) is 29.7. The number of allylic oxidation sites excluding steroid dienone is 9. The van der Waals surface area contributed by atoms with Crippen molar-refractivity contribution in [2.24, 2.45) is 0 Å². The van der Waals surface area contributed by atoms with Crippen LogP contribution in [0.3, 0.4) is 0 Å². The maximum atomic E-state index is 12.5. The highest BCUT2D eigenvalue weighted by molar-refractivity contribution is 5.76. The molecule has 350 valence electrons. The first kappa shape index (κ1) is 58.1. The Balaban J connectivity index is 3.51. The molecule has 2 atom stereocenters. The van der Waals surface area contributed by atoms with Crippen molar-refractivity contribution in [2.45, 2.75) is 283 Å². The Morgan fingerprint density at radius 1 is 0.417 bits per heavy atom. The van der Waals surface area contributed by atoms with E-state index in [-0.39, 0.29) is 12.5 Å². The van der Waals surface area contributed by atoms with Gasteiger partial charge in [-0.15, -0.1) is 0 Å². The van der Waals surface area contributed by atoms with Gasteiger partial charge in [-0.05, 0) is 57.8 Å². The Hall–Kier alpha value is -1.91. The van der Waals surface area contributed by atoms with Crippen molar-refractivity contribution >= 4 is 5.91 Å². The molecule has 0 aliphatic carbocycles. The minimum absolute atomic E-state index is 0.0637. The van der Waals surface area contributed by atoms with E-state index in [9.17, 15) is 15.0 Å². The van der Waals surface area contributed by atoms with Crippen LogP contribution in [0.4, 0.5) is 0 Å². The fraction of sp³-hybridized carbons (Fsp3) is 0.804. The fourth-order valence-corrected chi connectivity index (χ4v) is 7.99. The summed E-state index contributed by atoms with van der Waals surface area (Å²) in [6, 6.07) is -0.625. The van der Waals surface area contributed by atoms with Crippen LogP contribution in [0.15, 0.2) is 60.8 Å². The molecule has 0 aliphatic rings. The number of nitrogens with one attached hydrogen (secondary N) is 1. The van der Waals surface area contributed by atoms with Gasteiger partial charge >= 0.3 is 0 Å². The zero-order chi connectivity index (χ0) is 43.5. The molecule has 0 saturated carbocycles. The molecule has 0 aromatic carbocycles. The first-order valence-electron chi connectivity index (χ1n) is 26.5. The van der Waals surface area contributed by atoms with Crippen LogP contribution in [0, 0.1) is 0 Å². The highest BCUT2D eigenvalue weighted by Gasteiger charge is 2.18. The Bertz CT molecular complexity index is 996. The smallest absolute Gasteiger partial charge is 0.220 e. The van der Waals surface area contributed by atoms with Crippen LogP contribution in [0.5, 0.6) is 0 Å². The van der Waals surface area contributed by atoms with E-state index in [1.54, 1.807) is 6.08 Å². The van der Waals surface area contributed by atoms with Crippen molar-refractivity contribution in [1.29, 1.82) is 0 Å². The highest BCUT2D eigenvalue weighted by atomic mass is 16.3. The molecule has 0 aromatic rings. The van der Waals surface area contributed by atoms with Crippen LogP contribution in [-0.4, -0.2) is 34.9 Å². The summed E-state index contributed by atoms with van der Waals surface area (Å²) in [5, 5.41) is 23.2. The number of rotatable bonds is 48. The van der Waals surface area contributed by atoms with Gasteiger partial charge in [0.1, 0.15) is 0 Å². The topological polar surface area (TPSA) is 69.6 Å². The monoisotopic (exact) mass is 838 g/mol. The lowest BCUT2D eigenvalue weighted by atomic mass is 10.0. The lowest BCUT2D eigenvalue weighted by Gasteiger charge is -2.20. The summed E-state index contributed by atoms with van der Waals surface area (Å²) < 4.78 is 0. The number of unbranched alkanes of at least 4 members (excludes halogenated alkanes) is 33. The zero-order valence-corrected chi connectivity index (χ0v) is 40.2. The second kappa shape index (κ2) is 51.4. The van der Waals surface area contributed by atoms with Crippen molar-refractivity contribution in [3.05, 3.63) is 60.8 Å². The Morgan fingerprint density at radius 3 is 1.10 bits per heavy atom. The predicted octanol–water partition coefficient (Wildman–Crippen LogP) is 17.2. The summed E-state index contributed by atoms with van der Waals surface area (Å²) in [5.74, 6) is -0.0637. The molecular formula is C56H103NO3. The lowest BCUT2D eigenvalue weighted by Crippen LogP contribution is -2.45. The van der Waals surface area contributed by atoms with Crippen LogP contribution in [-0.2, 0) is 4.79 Å². The minimum atomic E-state index is -0.841.